The fraction of sp³-hybridized carbons (Fsp3) is 0.500. The van der Waals surface area contributed by atoms with Crippen molar-refractivity contribution >= 4 is 18.0 Å². The van der Waals surface area contributed by atoms with E-state index in [1.165, 1.54) is 18.6 Å². The lowest BCUT2D eigenvalue weighted by molar-refractivity contribution is -0.157. The number of hydrogen-bond donors (Lipinski definition) is 0. The molecule has 0 bridgehead atoms. The van der Waals surface area contributed by atoms with Gasteiger partial charge in [-0.3, -0.25) is 4.79 Å². The maximum absolute atomic E-state index is 12.6. The molecule has 1 rings (SSSR count). The predicted molar refractivity (Wildman–Crippen MR) is 107 cm³/mol. The number of nitrogens with zero attached hydrogens (tertiary/aromatic N) is 2. The Bertz CT molecular complexity index is 717. The number of carbonyl (C=O) groups is 2. The minimum absolute atomic E-state index is 0.0101. The fourth-order valence-electron chi connectivity index (χ4n) is 2.87. The predicted octanol–water partition coefficient (Wildman–Crippen LogP) is 4.29. The van der Waals surface area contributed by atoms with E-state index in [9.17, 15) is 14.9 Å². The lowest BCUT2D eigenvalue weighted by atomic mass is 10.0. The van der Waals surface area contributed by atoms with Gasteiger partial charge in [-0.05, 0) is 57.7 Å². The molecule has 0 N–H and O–H groups in total. The van der Waals surface area contributed by atoms with E-state index in [2.05, 4.69) is 13.8 Å². The molecule has 5 heteroatoms. The van der Waals surface area contributed by atoms with Gasteiger partial charge in [0.25, 0.3) is 5.91 Å². The highest BCUT2D eigenvalue weighted by molar-refractivity contribution is 5.99. The largest absolute Gasteiger partial charge is 0.448 e. The summed E-state index contributed by atoms with van der Waals surface area (Å²) in [6, 6.07) is 9.49. The van der Waals surface area contributed by atoms with Crippen LogP contribution in [0.2, 0.25) is 0 Å². The molecule has 1 aromatic rings. The van der Waals surface area contributed by atoms with Gasteiger partial charge in [0.1, 0.15) is 11.6 Å². The standard InChI is InChI=1S/C22H30N2O3/c1-14(2)19-10-8-18(9-11-19)12-20(13-23)22(26)27-17(7)21(25)24(15(3)4)16(5)6/h8-12,14-17H,1-7H3/b20-12+/t17-/m1/s1. The summed E-state index contributed by atoms with van der Waals surface area (Å²) in [4.78, 5) is 26.6. The number of ether oxygens (including phenoxy) is 1. The van der Waals surface area contributed by atoms with Crippen molar-refractivity contribution in [3.8, 4) is 6.07 Å². The monoisotopic (exact) mass is 370 g/mol. The molecule has 5 nitrogen and oxygen atoms in total. The van der Waals surface area contributed by atoms with Crippen molar-refractivity contribution in [3.63, 3.8) is 0 Å². The van der Waals surface area contributed by atoms with Crippen LogP contribution in [-0.2, 0) is 14.3 Å². The molecule has 1 aromatic carbocycles. The normalized spacial score (nSPS) is 12.9. The average molecular weight is 370 g/mol. The molecule has 0 aliphatic heterocycles. The van der Waals surface area contributed by atoms with Gasteiger partial charge < -0.3 is 9.64 Å². The van der Waals surface area contributed by atoms with E-state index in [-0.39, 0.29) is 23.6 Å². The van der Waals surface area contributed by atoms with Gasteiger partial charge in [-0.15, -0.1) is 0 Å². The van der Waals surface area contributed by atoms with Crippen molar-refractivity contribution in [1.82, 2.24) is 4.90 Å². The first-order valence-electron chi connectivity index (χ1n) is 9.33. The number of rotatable bonds is 7. The molecule has 0 aliphatic carbocycles. The second-order valence-corrected chi connectivity index (χ2v) is 7.47. The van der Waals surface area contributed by atoms with E-state index in [1.807, 2.05) is 58.0 Å². The minimum Gasteiger partial charge on any atom is -0.448 e. The molecule has 146 valence electrons. The highest BCUT2D eigenvalue weighted by Gasteiger charge is 2.28. The molecule has 0 spiro atoms. The van der Waals surface area contributed by atoms with Gasteiger partial charge in [-0.2, -0.15) is 5.26 Å². The zero-order valence-corrected chi connectivity index (χ0v) is 17.3. The second-order valence-electron chi connectivity index (χ2n) is 7.47. The Hall–Kier alpha value is -2.61. The van der Waals surface area contributed by atoms with Crippen LogP contribution >= 0.6 is 0 Å². The molecule has 0 aromatic heterocycles. The Morgan fingerprint density at radius 2 is 1.52 bits per heavy atom. The van der Waals surface area contributed by atoms with E-state index < -0.39 is 12.1 Å². The van der Waals surface area contributed by atoms with Gasteiger partial charge in [0.2, 0.25) is 0 Å². The van der Waals surface area contributed by atoms with Crippen LogP contribution in [0.1, 0.15) is 65.5 Å². The Morgan fingerprint density at radius 1 is 1.00 bits per heavy atom. The van der Waals surface area contributed by atoms with Crippen LogP contribution in [-0.4, -0.2) is 35.0 Å². The van der Waals surface area contributed by atoms with Crippen LogP contribution in [0.4, 0.5) is 0 Å². The second kappa shape index (κ2) is 9.91. The average Bonchev–Trinajstić information content (AvgIpc) is 2.59. The fourth-order valence-corrected chi connectivity index (χ4v) is 2.87. The highest BCUT2D eigenvalue weighted by atomic mass is 16.5. The lowest BCUT2D eigenvalue weighted by Crippen LogP contribution is -2.47. The minimum atomic E-state index is -0.956. The van der Waals surface area contributed by atoms with Crippen LogP contribution in [0.3, 0.4) is 0 Å². The summed E-state index contributed by atoms with van der Waals surface area (Å²) in [5, 5.41) is 9.32. The third kappa shape index (κ3) is 6.25. The molecule has 0 radical (unpaired) electrons. The molecule has 0 saturated carbocycles. The third-order valence-corrected chi connectivity index (χ3v) is 4.25. The Morgan fingerprint density at radius 3 is 1.93 bits per heavy atom. The zero-order chi connectivity index (χ0) is 20.7. The van der Waals surface area contributed by atoms with Gasteiger partial charge >= 0.3 is 5.97 Å². The van der Waals surface area contributed by atoms with Crippen molar-refractivity contribution in [2.24, 2.45) is 0 Å². The van der Waals surface area contributed by atoms with E-state index in [4.69, 9.17) is 4.74 Å². The summed E-state index contributed by atoms with van der Waals surface area (Å²) in [6.07, 6.45) is 0.522. The summed E-state index contributed by atoms with van der Waals surface area (Å²) in [5.74, 6) is -0.661. The zero-order valence-electron chi connectivity index (χ0n) is 17.3. The van der Waals surface area contributed by atoms with Crippen molar-refractivity contribution in [3.05, 3.63) is 41.0 Å². The van der Waals surface area contributed by atoms with Crippen LogP contribution in [0.25, 0.3) is 6.08 Å². The lowest BCUT2D eigenvalue weighted by Gasteiger charge is -2.32. The number of amides is 1. The van der Waals surface area contributed by atoms with Gasteiger partial charge in [-0.25, -0.2) is 4.79 Å². The maximum atomic E-state index is 12.6. The Kier molecular flexibility index (Phi) is 8.24. The first-order valence-corrected chi connectivity index (χ1v) is 9.33. The number of nitriles is 1. The number of hydrogen-bond acceptors (Lipinski definition) is 4. The molecular formula is C22H30N2O3. The van der Waals surface area contributed by atoms with E-state index in [1.54, 1.807) is 4.90 Å². The van der Waals surface area contributed by atoms with Crippen LogP contribution in [0, 0.1) is 11.3 Å². The van der Waals surface area contributed by atoms with Gasteiger partial charge in [0.05, 0.1) is 0 Å². The van der Waals surface area contributed by atoms with Crippen molar-refractivity contribution < 1.29 is 14.3 Å². The first-order chi connectivity index (χ1) is 12.6. The number of benzene rings is 1. The molecule has 0 fully saturated rings. The summed E-state index contributed by atoms with van der Waals surface area (Å²) >= 11 is 0. The number of carbonyl (C=O) groups excluding carboxylic acids is 2. The molecule has 0 unspecified atom stereocenters. The van der Waals surface area contributed by atoms with Crippen molar-refractivity contribution in [1.29, 1.82) is 5.26 Å². The van der Waals surface area contributed by atoms with Crippen LogP contribution in [0.5, 0.6) is 0 Å². The molecule has 0 heterocycles. The molecule has 0 saturated heterocycles. The SMILES string of the molecule is CC(C)c1ccc(/C=C(\C#N)C(=O)O[C@H](C)C(=O)N(C(C)C)C(C)C)cc1. The maximum Gasteiger partial charge on any atom is 0.349 e. The topological polar surface area (TPSA) is 70.4 Å². The third-order valence-electron chi connectivity index (χ3n) is 4.25. The molecular weight excluding hydrogens is 340 g/mol. The van der Waals surface area contributed by atoms with Crippen LogP contribution < -0.4 is 0 Å². The molecule has 1 atom stereocenters. The van der Waals surface area contributed by atoms with Gasteiger partial charge in [0, 0.05) is 12.1 Å². The molecule has 1 amide bonds. The summed E-state index contributed by atoms with van der Waals surface area (Å²) in [5.41, 5.74) is 1.78. The quantitative estimate of drug-likeness (QED) is 0.408. The summed E-state index contributed by atoms with van der Waals surface area (Å²) < 4.78 is 5.26. The van der Waals surface area contributed by atoms with Crippen molar-refractivity contribution in [2.45, 2.75) is 72.6 Å². The Balaban J connectivity index is 2.92. The highest BCUT2D eigenvalue weighted by Crippen LogP contribution is 2.17. The smallest absolute Gasteiger partial charge is 0.349 e. The van der Waals surface area contributed by atoms with Gasteiger partial charge in [0.15, 0.2) is 6.10 Å². The molecule has 0 aliphatic rings. The molecule has 27 heavy (non-hydrogen) atoms. The van der Waals surface area contributed by atoms with E-state index >= 15 is 0 Å². The first kappa shape index (κ1) is 22.4. The summed E-state index contributed by atoms with van der Waals surface area (Å²) in [7, 11) is 0. The Labute approximate surface area is 162 Å². The van der Waals surface area contributed by atoms with E-state index in [0.717, 1.165) is 5.56 Å². The van der Waals surface area contributed by atoms with Crippen LogP contribution in [0.15, 0.2) is 29.8 Å². The van der Waals surface area contributed by atoms with Gasteiger partial charge in [-0.1, -0.05) is 38.1 Å². The summed E-state index contributed by atoms with van der Waals surface area (Å²) in [6.45, 7) is 13.4. The van der Waals surface area contributed by atoms with E-state index in [0.29, 0.717) is 5.92 Å². The number of esters is 1. The van der Waals surface area contributed by atoms with Crippen molar-refractivity contribution in [2.75, 3.05) is 0 Å².